The predicted molar refractivity (Wildman–Crippen MR) is 371 cm³/mol. The van der Waals surface area contributed by atoms with E-state index >= 15 is 0 Å². The van der Waals surface area contributed by atoms with Crippen LogP contribution in [-0.2, 0) is 55.8 Å². The highest BCUT2D eigenvalue weighted by atomic mass is 31.2. The Hall–Kier alpha value is -4.05. The lowest BCUT2D eigenvalue weighted by Crippen LogP contribution is -2.30. The van der Waals surface area contributed by atoms with Crippen LogP contribution in [0.15, 0.2) is 122 Å². The highest BCUT2D eigenvalue weighted by molar-refractivity contribution is 7.47. The van der Waals surface area contributed by atoms with Crippen molar-refractivity contribution in [1.82, 2.24) is 0 Å². The fraction of sp³-hybridized carbons (Fsp3) is 0.685. The molecule has 0 aromatic carbocycles. The van der Waals surface area contributed by atoms with Gasteiger partial charge in [0.2, 0.25) is 0 Å². The van der Waals surface area contributed by atoms with Crippen molar-refractivity contribution in [2.75, 3.05) is 39.6 Å². The summed E-state index contributed by atoms with van der Waals surface area (Å²) in [4.78, 5) is 58.3. The number of phosphoric acid groups is 2. The van der Waals surface area contributed by atoms with E-state index in [2.05, 4.69) is 142 Å². The number of rotatable bonds is 65. The van der Waals surface area contributed by atoms with Gasteiger partial charge in [0.15, 0.2) is 6.10 Å². The topological polar surface area (TPSA) is 231 Å². The van der Waals surface area contributed by atoms with Crippen LogP contribution in [0.25, 0.3) is 0 Å². The van der Waals surface area contributed by atoms with Crippen LogP contribution in [-0.4, -0.2) is 95.9 Å². The van der Waals surface area contributed by atoms with Crippen LogP contribution in [0.1, 0.15) is 265 Å². The van der Waals surface area contributed by atoms with E-state index in [1.807, 2.05) is 0 Å². The summed E-state index contributed by atoms with van der Waals surface area (Å²) >= 11 is 0. The Morgan fingerprint density at radius 2 is 0.582 bits per heavy atom. The summed E-state index contributed by atoms with van der Waals surface area (Å²) in [5, 5.41) is 20.5. The minimum absolute atomic E-state index is 0.0993. The average Bonchev–Trinajstić information content (AvgIpc) is 3.69. The van der Waals surface area contributed by atoms with Gasteiger partial charge < -0.3 is 34.2 Å². The van der Waals surface area contributed by atoms with Gasteiger partial charge in [-0.1, -0.05) is 258 Å². The number of aliphatic hydroxyl groups excluding tert-OH is 2. The molecule has 0 rings (SSSR count). The molecule has 0 saturated heterocycles. The molecule has 0 radical (unpaired) electrons. The minimum atomic E-state index is -4.93. The van der Waals surface area contributed by atoms with E-state index in [9.17, 15) is 43.5 Å². The summed E-state index contributed by atoms with van der Waals surface area (Å²) in [5.41, 5.74) is 0. The lowest BCUT2D eigenvalue weighted by molar-refractivity contribution is -0.161. The molecule has 16 nitrogen and oxygen atoms in total. The summed E-state index contributed by atoms with van der Waals surface area (Å²) in [6.45, 7) is 2.38. The second-order valence-electron chi connectivity index (χ2n) is 22.9. The van der Waals surface area contributed by atoms with Crippen LogP contribution in [0.4, 0.5) is 0 Å². The van der Waals surface area contributed by atoms with Gasteiger partial charge in [0.25, 0.3) is 0 Å². The maximum atomic E-state index is 12.9. The molecule has 0 fully saturated rings. The number of hydrogen-bond acceptors (Lipinski definition) is 14. The molecule has 0 aliphatic heterocycles. The zero-order valence-corrected chi connectivity index (χ0v) is 58.3. The first-order chi connectivity index (χ1) is 44.2. The third-order valence-electron chi connectivity index (χ3n) is 14.2. The maximum absolute atomic E-state index is 12.9. The molecule has 0 saturated carbocycles. The molecule has 522 valence electrons. The first-order valence-electron chi connectivity index (χ1n) is 34.8. The Morgan fingerprint density at radius 1 is 0.319 bits per heavy atom. The van der Waals surface area contributed by atoms with Crippen molar-refractivity contribution in [3.8, 4) is 0 Å². The number of carbonyl (C=O) groups is 3. The maximum Gasteiger partial charge on any atom is 0.472 e. The number of hydrogen-bond donors (Lipinski definition) is 4. The van der Waals surface area contributed by atoms with Crippen LogP contribution in [0.5, 0.6) is 0 Å². The van der Waals surface area contributed by atoms with Crippen molar-refractivity contribution in [3.05, 3.63) is 122 Å². The van der Waals surface area contributed by atoms with Gasteiger partial charge in [-0.05, 0) is 109 Å². The van der Waals surface area contributed by atoms with Crippen LogP contribution in [0.2, 0.25) is 0 Å². The molecule has 0 aliphatic carbocycles. The number of carbonyl (C=O) groups excluding carboxylic acids is 3. The Morgan fingerprint density at radius 3 is 0.923 bits per heavy atom. The largest absolute Gasteiger partial charge is 0.472 e. The lowest BCUT2D eigenvalue weighted by atomic mass is 10.1. The summed E-state index contributed by atoms with van der Waals surface area (Å²) in [6, 6.07) is 0. The second kappa shape index (κ2) is 66.0. The smallest absolute Gasteiger partial charge is 0.463 e. The zero-order valence-electron chi connectivity index (χ0n) is 56.5. The van der Waals surface area contributed by atoms with Gasteiger partial charge in [-0.2, -0.15) is 0 Å². The lowest BCUT2D eigenvalue weighted by Gasteiger charge is -2.21. The van der Waals surface area contributed by atoms with Gasteiger partial charge in [0.05, 0.1) is 26.4 Å². The third kappa shape index (κ3) is 67.2. The standard InChI is InChI=1S/C73H124O16P2/c1-4-7-10-13-16-19-22-24-26-28-29-30-31-32-33-34-35-36-37-39-41-42-45-47-50-53-56-59-71(76)83-62-68(74)63-85-90(79,80)86-64-69(75)65-87-91(81,82)88-67-70(89-73(78)61-58-55-52-49-44-21-18-15-12-9-6-3)66-84-72(77)60-57-54-51-48-46-43-40-38-27-25-23-20-17-14-11-8-5-2/h7-8,10-11,16-17,19-20,24-27,29-30,32-33,35-36,40,43,68-70,74-75H,4-6,9,12-15,18,21-23,28,31,34,37-39,41-42,44-67H2,1-3H3,(H,79,80)(H,81,82)/b10-7-,11-8-,19-16-,20-17-,26-24-,27-25-,30-29-,33-32-,36-35-,43-40-. The molecule has 91 heavy (non-hydrogen) atoms. The molecule has 5 atom stereocenters. The van der Waals surface area contributed by atoms with Gasteiger partial charge in [0.1, 0.15) is 25.4 Å². The Labute approximate surface area is 551 Å². The van der Waals surface area contributed by atoms with E-state index in [1.54, 1.807) is 0 Å². The first kappa shape index (κ1) is 87.0. The van der Waals surface area contributed by atoms with E-state index in [1.165, 1.54) is 57.8 Å². The van der Waals surface area contributed by atoms with Gasteiger partial charge in [-0.25, -0.2) is 9.13 Å². The number of allylic oxidation sites excluding steroid dienone is 20. The van der Waals surface area contributed by atoms with Crippen molar-refractivity contribution in [3.63, 3.8) is 0 Å². The molecule has 0 aliphatic rings. The molecule has 18 heteroatoms. The monoisotopic (exact) mass is 1320 g/mol. The highest BCUT2D eigenvalue weighted by Crippen LogP contribution is 2.45. The number of phosphoric ester groups is 2. The summed E-state index contributed by atoms with van der Waals surface area (Å²) in [5.74, 6) is -1.61. The molecule has 0 amide bonds. The quantitative estimate of drug-likeness (QED) is 0.0146. The van der Waals surface area contributed by atoms with Crippen LogP contribution < -0.4 is 0 Å². The van der Waals surface area contributed by atoms with Crippen LogP contribution in [0.3, 0.4) is 0 Å². The van der Waals surface area contributed by atoms with Crippen molar-refractivity contribution in [1.29, 1.82) is 0 Å². The van der Waals surface area contributed by atoms with Gasteiger partial charge in [-0.3, -0.25) is 32.5 Å². The van der Waals surface area contributed by atoms with Gasteiger partial charge in [0, 0.05) is 19.3 Å². The van der Waals surface area contributed by atoms with E-state index in [0.29, 0.717) is 19.3 Å². The molecule has 5 unspecified atom stereocenters. The SMILES string of the molecule is CC/C=C\C/C=C\C/C=C\C/C=C\C/C=C\C/C=C\CCCCCCCCCCC(=O)OCC(O)COP(=O)(O)OCC(O)COP(=O)(O)OCC(COC(=O)CCCCCC/C=C\C/C=C\C/C=C\C/C=C\CC)OC(=O)CCCCCCCCCCCCC. The van der Waals surface area contributed by atoms with Crippen LogP contribution in [0, 0.1) is 0 Å². The number of ether oxygens (including phenoxy) is 3. The fourth-order valence-electron chi connectivity index (χ4n) is 8.92. The molecule has 0 aromatic heterocycles. The Kier molecular flexibility index (Phi) is 63.1. The molecular weight excluding hydrogens is 1190 g/mol. The Bertz CT molecular complexity index is 2140. The fourth-order valence-corrected chi connectivity index (χ4v) is 10.5. The van der Waals surface area contributed by atoms with Gasteiger partial charge >= 0.3 is 33.6 Å². The van der Waals surface area contributed by atoms with Crippen LogP contribution >= 0.6 is 15.6 Å². The predicted octanol–water partition coefficient (Wildman–Crippen LogP) is 19.4. The third-order valence-corrected chi connectivity index (χ3v) is 16.1. The summed E-state index contributed by atoms with van der Waals surface area (Å²) < 4.78 is 60.8. The van der Waals surface area contributed by atoms with Crippen molar-refractivity contribution < 1.29 is 75.8 Å². The van der Waals surface area contributed by atoms with E-state index in [-0.39, 0.29) is 19.3 Å². The van der Waals surface area contributed by atoms with Crippen molar-refractivity contribution >= 4 is 33.6 Å². The molecule has 4 N–H and O–H groups in total. The minimum Gasteiger partial charge on any atom is -0.463 e. The first-order valence-corrected chi connectivity index (χ1v) is 37.8. The molecule has 0 heterocycles. The zero-order chi connectivity index (χ0) is 66.7. The van der Waals surface area contributed by atoms with E-state index < -0.39 is 91.5 Å². The average molecular weight is 1320 g/mol. The Balaban J connectivity index is 4.51. The van der Waals surface area contributed by atoms with E-state index in [0.717, 1.165) is 148 Å². The highest BCUT2D eigenvalue weighted by Gasteiger charge is 2.29. The summed E-state index contributed by atoms with van der Waals surface area (Å²) in [6.07, 6.45) is 75.5. The normalized spacial score (nSPS) is 14.9. The molecule has 0 bridgehead atoms. The number of esters is 3. The molecule has 0 spiro atoms. The van der Waals surface area contributed by atoms with Crippen molar-refractivity contribution in [2.24, 2.45) is 0 Å². The molecular formula is C73H124O16P2. The summed E-state index contributed by atoms with van der Waals surface area (Å²) in [7, 11) is -9.78. The number of unbranched alkanes of at least 4 members (excludes halogenated alkanes) is 22. The van der Waals surface area contributed by atoms with Gasteiger partial charge in [-0.15, -0.1) is 0 Å². The second-order valence-corrected chi connectivity index (χ2v) is 25.8. The molecule has 0 aromatic rings. The van der Waals surface area contributed by atoms with Crippen molar-refractivity contribution in [2.45, 2.75) is 283 Å². The number of aliphatic hydroxyl groups is 2. The van der Waals surface area contributed by atoms with E-state index in [4.69, 9.17) is 32.3 Å².